The van der Waals surface area contributed by atoms with Gasteiger partial charge in [0.2, 0.25) is 5.91 Å². The van der Waals surface area contributed by atoms with Crippen LogP contribution in [0.2, 0.25) is 10.0 Å². The van der Waals surface area contributed by atoms with E-state index >= 15 is 0 Å². The lowest BCUT2D eigenvalue weighted by atomic mass is 10.2. The van der Waals surface area contributed by atoms with Crippen LogP contribution in [0.15, 0.2) is 42.5 Å². The number of ether oxygens (including phenoxy) is 1. The predicted octanol–water partition coefficient (Wildman–Crippen LogP) is 3.40. The first-order valence-corrected chi connectivity index (χ1v) is 9.65. The van der Waals surface area contributed by atoms with Crippen molar-refractivity contribution < 1.29 is 19.2 Å². The van der Waals surface area contributed by atoms with Crippen molar-refractivity contribution >= 4 is 58.0 Å². The van der Waals surface area contributed by atoms with Crippen LogP contribution in [0.5, 0.6) is 5.75 Å². The maximum absolute atomic E-state index is 12.0. The van der Waals surface area contributed by atoms with Crippen LogP contribution in [0.4, 0.5) is 5.69 Å². The standard InChI is InChI=1S/C18H16Cl2N4O5S/c19-12-5-8-15(14(20)10-12)29-9-1-2-16(25)21-18(30)23-22-17(26)11-3-6-13(7-4-11)24(27)28/h3-8,10H,1-2,9H2,(H,22,26)(H2,21,23,25,30). The number of carbonyl (C=O) groups is 2. The minimum Gasteiger partial charge on any atom is -0.492 e. The molecule has 9 nitrogen and oxygen atoms in total. The molecule has 2 aromatic rings. The zero-order chi connectivity index (χ0) is 22.1. The molecule has 0 saturated heterocycles. The van der Waals surface area contributed by atoms with Gasteiger partial charge in [-0.25, -0.2) is 0 Å². The summed E-state index contributed by atoms with van der Waals surface area (Å²) in [6.45, 7) is 0.256. The largest absolute Gasteiger partial charge is 0.492 e. The van der Waals surface area contributed by atoms with Crippen molar-refractivity contribution in [1.29, 1.82) is 0 Å². The molecule has 0 aliphatic carbocycles. The Balaban J connectivity index is 1.67. The molecule has 0 fully saturated rings. The Hall–Kier alpha value is -2.95. The highest BCUT2D eigenvalue weighted by Crippen LogP contribution is 2.27. The van der Waals surface area contributed by atoms with Crippen molar-refractivity contribution in [2.75, 3.05) is 6.61 Å². The number of hydrogen-bond acceptors (Lipinski definition) is 6. The van der Waals surface area contributed by atoms with Gasteiger partial charge in [-0.1, -0.05) is 23.2 Å². The lowest BCUT2D eigenvalue weighted by Crippen LogP contribution is -2.48. The summed E-state index contributed by atoms with van der Waals surface area (Å²) < 4.78 is 5.48. The fourth-order valence-corrected chi connectivity index (χ4v) is 2.78. The molecule has 12 heteroatoms. The van der Waals surface area contributed by atoms with Crippen LogP contribution in [0.25, 0.3) is 0 Å². The highest BCUT2D eigenvalue weighted by Gasteiger charge is 2.11. The molecule has 30 heavy (non-hydrogen) atoms. The molecule has 0 spiro atoms. The number of nitrogens with zero attached hydrogens (tertiary/aromatic N) is 1. The van der Waals surface area contributed by atoms with E-state index in [0.717, 1.165) is 0 Å². The van der Waals surface area contributed by atoms with Gasteiger partial charge in [0, 0.05) is 29.1 Å². The number of benzene rings is 2. The van der Waals surface area contributed by atoms with Crippen molar-refractivity contribution in [2.45, 2.75) is 12.8 Å². The molecule has 0 aliphatic rings. The highest BCUT2D eigenvalue weighted by molar-refractivity contribution is 7.80. The molecular weight excluding hydrogens is 455 g/mol. The molecule has 158 valence electrons. The molecule has 0 saturated carbocycles. The van der Waals surface area contributed by atoms with Crippen LogP contribution in [0.1, 0.15) is 23.2 Å². The van der Waals surface area contributed by atoms with E-state index in [0.29, 0.717) is 22.2 Å². The van der Waals surface area contributed by atoms with Crippen LogP contribution in [0.3, 0.4) is 0 Å². The number of nitrogens with one attached hydrogen (secondary N) is 3. The summed E-state index contributed by atoms with van der Waals surface area (Å²) in [5.41, 5.74) is 4.72. The fraction of sp³-hybridized carbons (Fsp3) is 0.167. The summed E-state index contributed by atoms with van der Waals surface area (Å²) in [4.78, 5) is 33.9. The normalized spacial score (nSPS) is 10.1. The average molecular weight is 471 g/mol. The molecule has 0 bridgehead atoms. The van der Waals surface area contributed by atoms with E-state index < -0.39 is 10.8 Å². The van der Waals surface area contributed by atoms with Gasteiger partial charge in [-0.15, -0.1) is 0 Å². The molecule has 2 aromatic carbocycles. The van der Waals surface area contributed by atoms with E-state index in [1.165, 1.54) is 24.3 Å². The number of halogens is 2. The number of amides is 2. The Morgan fingerprint density at radius 2 is 1.80 bits per heavy atom. The summed E-state index contributed by atoms with van der Waals surface area (Å²) in [7, 11) is 0. The fourth-order valence-electron chi connectivity index (χ4n) is 2.15. The zero-order valence-corrected chi connectivity index (χ0v) is 17.6. The van der Waals surface area contributed by atoms with Crippen LogP contribution in [0, 0.1) is 10.1 Å². The van der Waals surface area contributed by atoms with Crippen LogP contribution < -0.4 is 20.9 Å². The van der Waals surface area contributed by atoms with Gasteiger partial charge in [-0.05, 0) is 49.0 Å². The summed E-state index contributed by atoms with van der Waals surface area (Å²) in [5, 5.41) is 13.8. The third-order valence-corrected chi connectivity index (χ3v) is 4.32. The number of carbonyl (C=O) groups excluding carboxylic acids is 2. The van der Waals surface area contributed by atoms with E-state index in [-0.39, 0.29) is 35.3 Å². The van der Waals surface area contributed by atoms with Gasteiger partial charge in [0.1, 0.15) is 5.75 Å². The molecule has 0 unspecified atom stereocenters. The van der Waals surface area contributed by atoms with Gasteiger partial charge in [0.25, 0.3) is 11.6 Å². The number of nitro groups is 1. The first-order valence-electron chi connectivity index (χ1n) is 8.48. The SMILES string of the molecule is O=C(CCCOc1ccc(Cl)cc1Cl)NC(=S)NNC(=O)c1ccc([N+](=O)[O-])cc1. The van der Waals surface area contributed by atoms with E-state index in [1.807, 2.05) is 0 Å². The monoisotopic (exact) mass is 470 g/mol. The van der Waals surface area contributed by atoms with Crippen LogP contribution in [-0.4, -0.2) is 28.5 Å². The number of thiocarbonyl (C=S) groups is 1. The Bertz CT molecular complexity index is 956. The number of nitro benzene ring substituents is 1. The van der Waals surface area contributed by atoms with Gasteiger partial charge in [-0.3, -0.25) is 30.6 Å². The Morgan fingerprint density at radius 1 is 1.10 bits per heavy atom. The Morgan fingerprint density at radius 3 is 2.43 bits per heavy atom. The van der Waals surface area contributed by atoms with Gasteiger partial charge in [0.05, 0.1) is 16.6 Å². The van der Waals surface area contributed by atoms with Crippen LogP contribution in [-0.2, 0) is 4.79 Å². The van der Waals surface area contributed by atoms with E-state index in [4.69, 9.17) is 40.2 Å². The lowest BCUT2D eigenvalue weighted by Gasteiger charge is -2.11. The minimum atomic E-state index is -0.574. The first-order chi connectivity index (χ1) is 14.3. The number of non-ortho nitro benzene ring substituents is 1. The number of hydrazine groups is 1. The van der Waals surface area contributed by atoms with Gasteiger partial charge in [0.15, 0.2) is 5.11 Å². The van der Waals surface area contributed by atoms with E-state index in [1.54, 1.807) is 18.2 Å². The second-order valence-corrected chi connectivity index (χ2v) is 7.04. The topological polar surface area (TPSA) is 123 Å². The molecule has 0 heterocycles. The van der Waals surface area contributed by atoms with Crippen molar-refractivity contribution in [3.8, 4) is 5.75 Å². The molecule has 0 radical (unpaired) electrons. The second-order valence-electron chi connectivity index (χ2n) is 5.79. The molecule has 0 aliphatic heterocycles. The van der Waals surface area contributed by atoms with Gasteiger partial charge in [-0.2, -0.15) is 0 Å². The number of hydrogen-bond donors (Lipinski definition) is 3. The van der Waals surface area contributed by atoms with Crippen molar-refractivity contribution in [3.63, 3.8) is 0 Å². The van der Waals surface area contributed by atoms with Gasteiger partial charge >= 0.3 is 0 Å². The third kappa shape index (κ3) is 7.47. The van der Waals surface area contributed by atoms with Crippen molar-refractivity contribution in [1.82, 2.24) is 16.2 Å². The first kappa shape index (κ1) is 23.3. The lowest BCUT2D eigenvalue weighted by molar-refractivity contribution is -0.384. The Kier molecular flexibility index (Phi) is 8.78. The predicted molar refractivity (Wildman–Crippen MR) is 116 cm³/mol. The number of rotatable bonds is 7. The quantitative estimate of drug-likeness (QED) is 0.245. The third-order valence-electron chi connectivity index (χ3n) is 3.58. The maximum atomic E-state index is 12.0. The molecule has 3 N–H and O–H groups in total. The van der Waals surface area contributed by atoms with E-state index in [9.17, 15) is 19.7 Å². The van der Waals surface area contributed by atoms with E-state index in [2.05, 4.69) is 16.2 Å². The zero-order valence-electron chi connectivity index (χ0n) is 15.3. The maximum Gasteiger partial charge on any atom is 0.269 e. The van der Waals surface area contributed by atoms with Crippen molar-refractivity contribution in [2.24, 2.45) is 0 Å². The molecule has 0 atom stereocenters. The summed E-state index contributed by atoms with van der Waals surface area (Å²) >= 11 is 16.7. The smallest absolute Gasteiger partial charge is 0.269 e. The summed E-state index contributed by atoms with van der Waals surface area (Å²) in [6, 6.07) is 9.83. The van der Waals surface area contributed by atoms with Gasteiger partial charge < -0.3 is 10.1 Å². The van der Waals surface area contributed by atoms with Crippen molar-refractivity contribution in [3.05, 3.63) is 68.2 Å². The molecule has 0 aromatic heterocycles. The minimum absolute atomic E-state index is 0.100. The summed E-state index contributed by atoms with van der Waals surface area (Å²) in [5.74, 6) is -0.481. The average Bonchev–Trinajstić information content (AvgIpc) is 2.70. The molecule has 2 amide bonds. The molecule has 2 rings (SSSR count). The van der Waals surface area contributed by atoms with Crippen LogP contribution >= 0.6 is 35.4 Å². The highest BCUT2D eigenvalue weighted by atomic mass is 35.5. The molecular formula is C18H16Cl2N4O5S. The Labute approximate surface area is 186 Å². The summed E-state index contributed by atoms with van der Waals surface area (Å²) in [6.07, 6.45) is 0.534. The second kappa shape index (κ2) is 11.3.